The highest BCUT2D eigenvalue weighted by Gasteiger charge is 2.27. The van der Waals surface area contributed by atoms with Crippen LogP contribution in [-0.4, -0.2) is 41.1 Å². The molecule has 0 bridgehead atoms. The van der Waals surface area contributed by atoms with Crippen molar-refractivity contribution in [2.45, 2.75) is 77.2 Å². The summed E-state index contributed by atoms with van der Waals surface area (Å²) < 4.78 is 0. The van der Waals surface area contributed by atoms with Gasteiger partial charge in [-0.15, -0.1) is 0 Å². The molecular formula is C22H34N2O3. The SMILES string of the molecule is CCCCCCCCCCc1ccc(C(=O)N[C@H]2CCN(C(=O)O)C2)cc1. The standard InChI is InChI=1S/C22H34N2O3/c1-2-3-4-5-6-7-8-9-10-18-11-13-19(14-12-18)21(25)23-20-15-16-24(17-20)22(26)27/h11-14,20H,2-10,15-17H2,1H3,(H,23,25)(H,26,27)/t20-/m0/s1. The molecule has 0 spiro atoms. The van der Waals surface area contributed by atoms with Gasteiger partial charge in [0.05, 0.1) is 0 Å². The maximum absolute atomic E-state index is 12.3. The van der Waals surface area contributed by atoms with Crippen LogP contribution in [0.4, 0.5) is 4.79 Å². The highest BCUT2D eigenvalue weighted by Crippen LogP contribution is 2.13. The first-order valence-corrected chi connectivity index (χ1v) is 10.5. The van der Waals surface area contributed by atoms with Crippen molar-refractivity contribution in [3.63, 3.8) is 0 Å². The van der Waals surface area contributed by atoms with Gasteiger partial charge in [-0.1, -0.05) is 64.0 Å². The van der Waals surface area contributed by atoms with E-state index in [1.807, 2.05) is 24.3 Å². The van der Waals surface area contributed by atoms with Crippen LogP contribution in [0, 0.1) is 0 Å². The van der Waals surface area contributed by atoms with E-state index in [9.17, 15) is 9.59 Å². The summed E-state index contributed by atoms with van der Waals surface area (Å²) in [5.74, 6) is -0.120. The predicted molar refractivity (Wildman–Crippen MR) is 108 cm³/mol. The normalized spacial score (nSPS) is 16.5. The third-order valence-electron chi connectivity index (χ3n) is 5.33. The maximum atomic E-state index is 12.3. The van der Waals surface area contributed by atoms with Crippen molar-refractivity contribution in [1.82, 2.24) is 10.2 Å². The second-order valence-electron chi connectivity index (χ2n) is 7.61. The molecule has 2 N–H and O–H groups in total. The molecule has 1 aromatic rings. The van der Waals surface area contributed by atoms with Gasteiger partial charge >= 0.3 is 6.09 Å². The lowest BCUT2D eigenvalue weighted by atomic mass is 10.0. The summed E-state index contributed by atoms with van der Waals surface area (Å²) >= 11 is 0. The van der Waals surface area contributed by atoms with Gasteiger partial charge in [0.1, 0.15) is 0 Å². The van der Waals surface area contributed by atoms with Crippen molar-refractivity contribution in [3.8, 4) is 0 Å². The number of carboxylic acid groups (broad SMARTS) is 1. The van der Waals surface area contributed by atoms with Crippen molar-refractivity contribution >= 4 is 12.0 Å². The number of nitrogens with one attached hydrogen (secondary N) is 1. The number of carbonyl (C=O) groups is 2. The van der Waals surface area contributed by atoms with Crippen molar-refractivity contribution < 1.29 is 14.7 Å². The molecule has 1 fully saturated rings. The number of benzene rings is 1. The first-order chi connectivity index (χ1) is 13.1. The first kappa shape index (κ1) is 21.3. The van der Waals surface area contributed by atoms with Gasteiger partial charge in [0.2, 0.25) is 0 Å². The van der Waals surface area contributed by atoms with E-state index in [0.717, 1.165) is 6.42 Å². The lowest BCUT2D eigenvalue weighted by molar-refractivity contribution is 0.0935. The van der Waals surface area contributed by atoms with Gasteiger partial charge in [-0.3, -0.25) is 4.79 Å². The van der Waals surface area contributed by atoms with Gasteiger partial charge in [0.15, 0.2) is 0 Å². The van der Waals surface area contributed by atoms with Crippen molar-refractivity contribution in [2.75, 3.05) is 13.1 Å². The molecule has 1 heterocycles. The number of hydrogen-bond donors (Lipinski definition) is 2. The molecule has 5 heteroatoms. The molecule has 5 nitrogen and oxygen atoms in total. The number of aryl methyl sites for hydroxylation is 1. The highest BCUT2D eigenvalue weighted by atomic mass is 16.4. The minimum absolute atomic E-state index is 0.0920. The number of amides is 2. The Morgan fingerprint density at radius 2 is 1.67 bits per heavy atom. The summed E-state index contributed by atoms with van der Waals surface area (Å²) in [6.07, 6.45) is 11.4. The maximum Gasteiger partial charge on any atom is 0.407 e. The third kappa shape index (κ3) is 7.61. The lowest BCUT2D eigenvalue weighted by Crippen LogP contribution is -2.38. The van der Waals surface area contributed by atoms with Crippen LogP contribution >= 0.6 is 0 Å². The fraction of sp³-hybridized carbons (Fsp3) is 0.636. The second kappa shape index (κ2) is 11.6. The monoisotopic (exact) mass is 374 g/mol. The van der Waals surface area contributed by atoms with Crippen molar-refractivity contribution in [1.29, 1.82) is 0 Å². The number of likely N-dealkylation sites (tertiary alicyclic amines) is 1. The fourth-order valence-electron chi connectivity index (χ4n) is 3.61. The molecule has 2 amide bonds. The fourth-order valence-corrected chi connectivity index (χ4v) is 3.61. The Labute approximate surface area is 163 Å². The molecule has 0 unspecified atom stereocenters. The van der Waals surface area contributed by atoms with E-state index in [1.54, 1.807) is 0 Å². The van der Waals surface area contributed by atoms with E-state index in [2.05, 4.69) is 12.2 Å². The summed E-state index contributed by atoms with van der Waals surface area (Å²) in [6.45, 7) is 3.10. The zero-order chi connectivity index (χ0) is 19.5. The van der Waals surface area contributed by atoms with Crippen LogP contribution in [0.2, 0.25) is 0 Å². The summed E-state index contributed by atoms with van der Waals surface area (Å²) in [4.78, 5) is 24.6. The molecule has 150 valence electrons. The van der Waals surface area contributed by atoms with E-state index in [-0.39, 0.29) is 11.9 Å². The van der Waals surface area contributed by atoms with Crippen LogP contribution in [0.15, 0.2) is 24.3 Å². The number of nitrogens with zero attached hydrogens (tertiary/aromatic N) is 1. The lowest BCUT2D eigenvalue weighted by Gasteiger charge is -2.14. The summed E-state index contributed by atoms with van der Waals surface area (Å²) in [5.41, 5.74) is 1.92. The number of unbranched alkanes of at least 4 members (excludes halogenated alkanes) is 7. The largest absolute Gasteiger partial charge is 0.465 e. The average molecular weight is 375 g/mol. The molecule has 2 rings (SSSR count). The predicted octanol–water partition coefficient (Wildman–Crippen LogP) is 4.85. The van der Waals surface area contributed by atoms with Crippen LogP contribution in [0.1, 0.15) is 80.6 Å². The Balaban J connectivity index is 1.64. The summed E-state index contributed by atoms with van der Waals surface area (Å²) in [6, 6.07) is 7.73. The topological polar surface area (TPSA) is 69.6 Å². The molecular weight excluding hydrogens is 340 g/mol. The van der Waals surface area contributed by atoms with Crippen molar-refractivity contribution in [3.05, 3.63) is 35.4 Å². The zero-order valence-corrected chi connectivity index (χ0v) is 16.6. The van der Waals surface area contributed by atoms with E-state index in [0.29, 0.717) is 25.1 Å². The van der Waals surface area contributed by atoms with Crippen molar-refractivity contribution in [2.24, 2.45) is 0 Å². The molecule has 0 aliphatic carbocycles. The van der Waals surface area contributed by atoms with Crippen LogP contribution in [-0.2, 0) is 6.42 Å². The Morgan fingerprint density at radius 3 is 2.26 bits per heavy atom. The highest BCUT2D eigenvalue weighted by molar-refractivity contribution is 5.94. The van der Waals surface area contributed by atoms with Crippen LogP contribution < -0.4 is 5.32 Å². The Bertz CT molecular complexity index is 586. The van der Waals surface area contributed by atoms with E-state index in [1.165, 1.54) is 61.8 Å². The molecule has 1 atom stereocenters. The molecule has 0 aromatic heterocycles. The number of carbonyl (C=O) groups excluding carboxylic acids is 1. The van der Waals surface area contributed by atoms with Crippen LogP contribution in [0.5, 0.6) is 0 Å². The number of hydrogen-bond acceptors (Lipinski definition) is 2. The molecule has 1 aliphatic rings. The Kier molecular flexibility index (Phi) is 9.16. The smallest absolute Gasteiger partial charge is 0.407 e. The molecule has 1 saturated heterocycles. The van der Waals surface area contributed by atoms with E-state index in [4.69, 9.17) is 5.11 Å². The Morgan fingerprint density at radius 1 is 1.04 bits per heavy atom. The summed E-state index contributed by atoms with van der Waals surface area (Å²) in [7, 11) is 0. The quantitative estimate of drug-likeness (QED) is 0.544. The van der Waals surface area contributed by atoms with E-state index >= 15 is 0 Å². The first-order valence-electron chi connectivity index (χ1n) is 10.5. The third-order valence-corrected chi connectivity index (χ3v) is 5.33. The molecule has 1 aromatic carbocycles. The van der Waals surface area contributed by atoms with Gasteiger partial charge in [-0.2, -0.15) is 0 Å². The Hall–Kier alpha value is -2.04. The van der Waals surface area contributed by atoms with Crippen LogP contribution in [0.3, 0.4) is 0 Å². The van der Waals surface area contributed by atoms with Crippen LogP contribution in [0.25, 0.3) is 0 Å². The molecule has 1 aliphatic heterocycles. The summed E-state index contributed by atoms with van der Waals surface area (Å²) in [5, 5.41) is 11.9. The van der Waals surface area contributed by atoms with Gasteiger partial charge < -0.3 is 15.3 Å². The average Bonchev–Trinajstić information content (AvgIpc) is 3.13. The van der Waals surface area contributed by atoms with Gasteiger partial charge in [-0.25, -0.2) is 4.79 Å². The molecule has 27 heavy (non-hydrogen) atoms. The molecule has 0 saturated carbocycles. The van der Waals surface area contributed by atoms with E-state index < -0.39 is 6.09 Å². The van der Waals surface area contributed by atoms with Gasteiger partial charge in [0, 0.05) is 24.7 Å². The minimum Gasteiger partial charge on any atom is -0.465 e. The second-order valence-corrected chi connectivity index (χ2v) is 7.61. The molecule has 0 radical (unpaired) electrons. The number of rotatable bonds is 11. The van der Waals surface area contributed by atoms with Gasteiger partial charge in [0.25, 0.3) is 5.91 Å². The zero-order valence-electron chi connectivity index (χ0n) is 16.6. The minimum atomic E-state index is -0.919. The van der Waals surface area contributed by atoms with Gasteiger partial charge in [-0.05, 0) is 37.0 Å².